The van der Waals surface area contributed by atoms with Gasteiger partial charge < -0.3 is 15.5 Å². The van der Waals surface area contributed by atoms with Crippen LogP contribution in [0.4, 0.5) is 11.4 Å². The molecule has 0 radical (unpaired) electrons. The van der Waals surface area contributed by atoms with E-state index < -0.39 is 5.92 Å². The zero-order valence-corrected chi connectivity index (χ0v) is 15.5. The summed E-state index contributed by atoms with van der Waals surface area (Å²) in [6, 6.07) is 16.5. The zero-order valence-electron chi connectivity index (χ0n) is 13.9. The van der Waals surface area contributed by atoms with Crippen LogP contribution in [0.3, 0.4) is 0 Å². The molecule has 2 N–H and O–H groups in total. The van der Waals surface area contributed by atoms with E-state index in [4.69, 9.17) is 0 Å². The smallest absolute Gasteiger partial charge is 0.243 e. The number of rotatable bonds is 5. The topological polar surface area (TPSA) is 78.5 Å². The summed E-state index contributed by atoms with van der Waals surface area (Å²) in [5, 5.41) is 5.33. The third-order valence-electron chi connectivity index (χ3n) is 4.13. The van der Waals surface area contributed by atoms with Gasteiger partial charge in [-0.15, -0.1) is 0 Å². The van der Waals surface area contributed by atoms with Gasteiger partial charge in [-0.1, -0.05) is 30.3 Å². The Kier molecular flexibility index (Phi) is 5.68. The first-order valence-corrected chi connectivity index (χ1v) is 9.01. The Bertz CT molecular complexity index is 826. The van der Waals surface area contributed by atoms with Crippen molar-refractivity contribution in [2.75, 3.05) is 23.3 Å². The molecule has 0 aromatic heterocycles. The maximum absolute atomic E-state index is 12.3. The van der Waals surface area contributed by atoms with Crippen LogP contribution >= 0.6 is 15.9 Å². The fraction of sp³-hybridized carbons (Fsp3) is 0.211. The molecular weight excluding hydrogens is 398 g/mol. The zero-order chi connectivity index (χ0) is 18.5. The van der Waals surface area contributed by atoms with E-state index in [-0.39, 0.29) is 30.7 Å². The molecule has 2 aromatic rings. The van der Waals surface area contributed by atoms with Crippen LogP contribution in [0.5, 0.6) is 0 Å². The summed E-state index contributed by atoms with van der Waals surface area (Å²) in [4.78, 5) is 38.1. The molecule has 1 atom stereocenters. The van der Waals surface area contributed by atoms with Crippen LogP contribution in [-0.2, 0) is 14.4 Å². The lowest BCUT2D eigenvalue weighted by Gasteiger charge is -2.16. The molecule has 3 rings (SSSR count). The summed E-state index contributed by atoms with van der Waals surface area (Å²) in [5.41, 5.74) is 1.41. The van der Waals surface area contributed by atoms with E-state index in [9.17, 15) is 14.4 Å². The molecule has 1 aliphatic rings. The van der Waals surface area contributed by atoms with Crippen LogP contribution in [-0.4, -0.2) is 30.8 Å². The van der Waals surface area contributed by atoms with Gasteiger partial charge in [0.1, 0.15) is 0 Å². The summed E-state index contributed by atoms with van der Waals surface area (Å²) in [5.74, 6) is -1.17. The highest BCUT2D eigenvalue weighted by Gasteiger charge is 2.35. The highest BCUT2D eigenvalue weighted by Crippen LogP contribution is 2.25. The van der Waals surface area contributed by atoms with E-state index in [0.29, 0.717) is 12.2 Å². The maximum atomic E-state index is 12.3. The van der Waals surface area contributed by atoms with Crippen molar-refractivity contribution in [3.63, 3.8) is 0 Å². The summed E-state index contributed by atoms with van der Waals surface area (Å²) >= 11 is 3.35. The van der Waals surface area contributed by atoms with E-state index in [0.717, 1.165) is 10.2 Å². The van der Waals surface area contributed by atoms with Gasteiger partial charge in [-0.25, -0.2) is 0 Å². The monoisotopic (exact) mass is 415 g/mol. The molecule has 1 saturated heterocycles. The number of benzene rings is 2. The highest BCUT2D eigenvalue weighted by molar-refractivity contribution is 9.10. The summed E-state index contributed by atoms with van der Waals surface area (Å²) in [7, 11) is 0. The van der Waals surface area contributed by atoms with Gasteiger partial charge in [0.25, 0.3) is 0 Å². The van der Waals surface area contributed by atoms with Crippen molar-refractivity contribution in [3.8, 4) is 0 Å². The van der Waals surface area contributed by atoms with Crippen LogP contribution in [0.2, 0.25) is 0 Å². The van der Waals surface area contributed by atoms with Crippen molar-refractivity contribution >= 4 is 45.0 Å². The Morgan fingerprint density at radius 3 is 2.50 bits per heavy atom. The normalized spacial score (nSPS) is 16.4. The number of carbonyl (C=O) groups is 3. The van der Waals surface area contributed by atoms with Gasteiger partial charge in [0.05, 0.1) is 18.2 Å². The Morgan fingerprint density at radius 2 is 1.77 bits per heavy atom. The SMILES string of the molecule is O=C(CNC(=O)[C@@H]1CC(=O)N(c2ccccc2)C1)Nc1ccccc1Br. The van der Waals surface area contributed by atoms with Gasteiger partial charge in [0, 0.05) is 23.1 Å². The first kappa shape index (κ1) is 18.1. The molecule has 7 heteroatoms. The second-order valence-electron chi connectivity index (χ2n) is 5.99. The fourth-order valence-corrected chi connectivity index (χ4v) is 3.19. The predicted octanol–water partition coefficient (Wildman–Crippen LogP) is 2.56. The van der Waals surface area contributed by atoms with Crippen molar-refractivity contribution in [2.45, 2.75) is 6.42 Å². The summed E-state index contributed by atoms with van der Waals surface area (Å²) in [6.45, 7) is 0.177. The minimum Gasteiger partial charge on any atom is -0.347 e. The van der Waals surface area contributed by atoms with E-state index in [1.807, 2.05) is 42.5 Å². The molecule has 1 heterocycles. The number of anilines is 2. The Labute approximate surface area is 159 Å². The lowest BCUT2D eigenvalue weighted by atomic mass is 10.1. The number of amides is 3. The van der Waals surface area contributed by atoms with Crippen molar-refractivity contribution < 1.29 is 14.4 Å². The molecule has 1 aliphatic heterocycles. The minimum absolute atomic E-state index is 0.0889. The van der Waals surface area contributed by atoms with Crippen molar-refractivity contribution in [2.24, 2.45) is 5.92 Å². The Morgan fingerprint density at radius 1 is 1.08 bits per heavy atom. The molecule has 0 aliphatic carbocycles. The molecule has 3 amide bonds. The molecular formula is C19H18BrN3O3. The second-order valence-corrected chi connectivity index (χ2v) is 6.84. The number of halogens is 1. The minimum atomic E-state index is -0.459. The van der Waals surface area contributed by atoms with Gasteiger partial charge in [-0.2, -0.15) is 0 Å². The highest BCUT2D eigenvalue weighted by atomic mass is 79.9. The molecule has 0 unspecified atom stereocenters. The molecule has 2 aromatic carbocycles. The first-order valence-electron chi connectivity index (χ1n) is 8.22. The van der Waals surface area contributed by atoms with Crippen LogP contribution in [0, 0.1) is 5.92 Å². The number of nitrogens with one attached hydrogen (secondary N) is 2. The van der Waals surface area contributed by atoms with Gasteiger partial charge in [0.2, 0.25) is 17.7 Å². The third-order valence-corrected chi connectivity index (χ3v) is 4.83. The second kappa shape index (κ2) is 8.14. The van der Waals surface area contributed by atoms with Crippen LogP contribution in [0.15, 0.2) is 59.1 Å². The number of nitrogens with zero attached hydrogens (tertiary/aromatic N) is 1. The number of hydrogen-bond donors (Lipinski definition) is 2. The standard InChI is InChI=1S/C19H18BrN3O3/c20-15-8-4-5-9-16(15)22-17(24)11-21-19(26)13-10-18(25)23(12-13)14-6-2-1-3-7-14/h1-9,13H,10-12H2,(H,21,26)(H,22,24)/t13-/m1/s1. The quantitative estimate of drug-likeness (QED) is 0.787. The van der Waals surface area contributed by atoms with E-state index in [2.05, 4.69) is 26.6 Å². The average Bonchev–Trinajstić information content (AvgIpc) is 3.04. The first-order chi connectivity index (χ1) is 12.5. The maximum Gasteiger partial charge on any atom is 0.243 e. The molecule has 0 saturated carbocycles. The van der Waals surface area contributed by atoms with Gasteiger partial charge >= 0.3 is 0 Å². The number of para-hydroxylation sites is 2. The fourth-order valence-electron chi connectivity index (χ4n) is 2.81. The van der Waals surface area contributed by atoms with E-state index in [1.54, 1.807) is 17.0 Å². The molecule has 1 fully saturated rings. The van der Waals surface area contributed by atoms with Crippen LogP contribution in [0.25, 0.3) is 0 Å². The summed E-state index contributed by atoms with van der Waals surface area (Å²) in [6.07, 6.45) is 0.145. The van der Waals surface area contributed by atoms with E-state index in [1.165, 1.54) is 0 Å². The molecule has 6 nitrogen and oxygen atoms in total. The number of hydrogen-bond acceptors (Lipinski definition) is 3. The lowest BCUT2D eigenvalue weighted by molar-refractivity contribution is -0.127. The van der Waals surface area contributed by atoms with Crippen LogP contribution < -0.4 is 15.5 Å². The van der Waals surface area contributed by atoms with Crippen molar-refractivity contribution in [3.05, 3.63) is 59.1 Å². The van der Waals surface area contributed by atoms with Gasteiger partial charge in [-0.3, -0.25) is 14.4 Å². The molecule has 0 bridgehead atoms. The number of carbonyl (C=O) groups excluding carboxylic acids is 3. The predicted molar refractivity (Wildman–Crippen MR) is 103 cm³/mol. The third kappa shape index (κ3) is 4.29. The average molecular weight is 416 g/mol. The lowest BCUT2D eigenvalue weighted by Crippen LogP contribution is -2.38. The summed E-state index contributed by atoms with van der Waals surface area (Å²) < 4.78 is 0.763. The Hall–Kier alpha value is -2.67. The van der Waals surface area contributed by atoms with Gasteiger partial charge in [0.15, 0.2) is 0 Å². The molecule has 26 heavy (non-hydrogen) atoms. The Balaban J connectivity index is 1.52. The van der Waals surface area contributed by atoms with Crippen molar-refractivity contribution in [1.82, 2.24) is 5.32 Å². The molecule has 134 valence electrons. The largest absolute Gasteiger partial charge is 0.347 e. The molecule has 0 spiro atoms. The van der Waals surface area contributed by atoms with E-state index >= 15 is 0 Å². The van der Waals surface area contributed by atoms with Crippen molar-refractivity contribution in [1.29, 1.82) is 0 Å². The van der Waals surface area contributed by atoms with Crippen LogP contribution in [0.1, 0.15) is 6.42 Å². The van der Waals surface area contributed by atoms with Gasteiger partial charge in [-0.05, 0) is 40.2 Å².